The Morgan fingerprint density at radius 2 is 2.04 bits per heavy atom. The molecule has 132 valence electrons. The number of benzene rings is 1. The van der Waals surface area contributed by atoms with E-state index in [4.69, 9.17) is 4.74 Å². The van der Waals surface area contributed by atoms with E-state index >= 15 is 0 Å². The first-order valence-corrected chi connectivity index (χ1v) is 8.62. The van der Waals surface area contributed by atoms with Crippen molar-refractivity contribution in [3.63, 3.8) is 0 Å². The van der Waals surface area contributed by atoms with E-state index in [1.54, 1.807) is 6.08 Å². The zero-order valence-corrected chi connectivity index (χ0v) is 14.6. The summed E-state index contributed by atoms with van der Waals surface area (Å²) in [5.41, 5.74) is 3.18. The Labute approximate surface area is 146 Å². The number of ether oxygens (including phenoxy) is 1. The molecule has 3 aliphatic rings. The number of ketones is 1. The second kappa shape index (κ2) is 5.11. The molecule has 0 amide bonds. The molecule has 0 saturated heterocycles. The highest BCUT2D eigenvalue weighted by Gasteiger charge is 2.47. The number of aliphatic hydroxyl groups is 1. The van der Waals surface area contributed by atoms with Crippen LogP contribution in [0.25, 0.3) is 0 Å². The smallest absolute Gasteiger partial charge is 0.190 e. The van der Waals surface area contributed by atoms with Crippen molar-refractivity contribution in [1.82, 2.24) is 0 Å². The minimum atomic E-state index is -0.599. The third-order valence-electron chi connectivity index (χ3n) is 6.13. The third kappa shape index (κ3) is 1.90. The van der Waals surface area contributed by atoms with Gasteiger partial charge in [-0.05, 0) is 42.6 Å². The molecular weight excluding hydrogens is 320 g/mol. The number of hydrogen-bond donors (Lipinski definition) is 3. The number of hydrogen-bond acceptors (Lipinski definition) is 5. The molecule has 1 aromatic carbocycles. The van der Waals surface area contributed by atoms with Gasteiger partial charge in [0.15, 0.2) is 17.3 Å². The molecule has 1 aromatic rings. The maximum absolute atomic E-state index is 12.8. The topological polar surface area (TPSA) is 87.0 Å². The number of carbonyl (C=O) groups is 1. The maximum atomic E-state index is 12.8. The van der Waals surface area contributed by atoms with Crippen LogP contribution in [-0.2, 0) is 5.41 Å². The number of phenolic OH excluding ortho intramolecular Hbond substituents is 2. The van der Waals surface area contributed by atoms with E-state index in [1.165, 1.54) is 0 Å². The second-order valence-corrected chi connectivity index (χ2v) is 7.54. The third-order valence-corrected chi connectivity index (χ3v) is 6.13. The lowest BCUT2D eigenvalue weighted by atomic mass is 9.61. The Kier molecular flexibility index (Phi) is 3.32. The number of allylic oxidation sites excluding steroid dienone is 3. The van der Waals surface area contributed by atoms with Gasteiger partial charge in [-0.1, -0.05) is 13.8 Å². The molecule has 0 spiro atoms. The molecular formula is C20H22O5. The average molecular weight is 342 g/mol. The fourth-order valence-corrected chi connectivity index (χ4v) is 4.65. The SMILES string of the molecule is CC1=C(CO)CC[C@]2(C)C1=CC(=O)c1c(O)c3c(c(O)c12)OC[C@@H]3C. The molecule has 1 aliphatic heterocycles. The van der Waals surface area contributed by atoms with Crippen molar-refractivity contribution in [3.05, 3.63) is 39.5 Å². The van der Waals surface area contributed by atoms with Crippen molar-refractivity contribution >= 4 is 5.78 Å². The summed E-state index contributed by atoms with van der Waals surface area (Å²) >= 11 is 0. The molecule has 5 heteroatoms. The highest BCUT2D eigenvalue weighted by molar-refractivity contribution is 6.12. The molecule has 0 saturated carbocycles. The zero-order valence-electron chi connectivity index (χ0n) is 14.6. The first-order valence-electron chi connectivity index (χ1n) is 8.62. The van der Waals surface area contributed by atoms with Gasteiger partial charge >= 0.3 is 0 Å². The van der Waals surface area contributed by atoms with Crippen LogP contribution in [0.15, 0.2) is 22.8 Å². The summed E-state index contributed by atoms with van der Waals surface area (Å²) in [5.74, 6) is -0.187. The van der Waals surface area contributed by atoms with E-state index in [-0.39, 0.29) is 35.4 Å². The van der Waals surface area contributed by atoms with Crippen molar-refractivity contribution in [1.29, 1.82) is 0 Å². The Balaban J connectivity index is 2.05. The van der Waals surface area contributed by atoms with Gasteiger partial charge in [0, 0.05) is 22.5 Å². The summed E-state index contributed by atoms with van der Waals surface area (Å²) in [5, 5.41) is 31.3. The van der Waals surface area contributed by atoms with Crippen LogP contribution < -0.4 is 4.74 Å². The van der Waals surface area contributed by atoms with E-state index in [9.17, 15) is 20.1 Å². The van der Waals surface area contributed by atoms with E-state index in [1.807, 2.05) is 20.8 Å². The first-order chi connectivity index (χ1) is 11.8. The van der Waals surface area contributed by atoms with Crippen LogP contribution in [0.1, 0.15) is 61.0 Å². The lowest BCUT2D eigenvalue weighted by Gasteiger charge is -2.42. The first kappa shape index (κ1) is 16.2. The lowest BCUT2D eigenvalue weighted by molar-refractivity contribution is 0.103. The van der Waals surface area contributed by atoms with Crippen LogP contribution in [0.2, 0.25) is 0 Å². The molecule has 0 aromatic heterocycles. The number of aliphatic hydroxyl groups excluding tert-OH is 1. The van der Waals surface area contributed by atoms with Gasteiger partial charge < -0.3 is 20.1 Å². The van der Waals surface area contributed by atoms with E-state index < -0.39 is 5.41 Å². The summed E-state index contributed by atoms with van der Waals surface area (Å²) in [6.45, 7) is 6.11. The number of rotatable bonds is 1. The molecule has 25 heavy (non-hydrogen) atoms. The van der Waals surface area contributed by atoms with Crippen LogP contribution in [0, 0.1) is 0 Å². The van der Waals surface area contributed by atoms with Crippen LogP contribution in [0.5, 0.6) is 17.2 Å². The summed E-state index contributed by atoms with van der Waals surface area (Å²) in [7, 11) is 0. The van der Waals surface area contributed by atoms with Crippen molar-refractivity contribution < 1.29 is 24.9 Å². The van der Waals surface area contributed by atoms with Gasteiger partial charge in [-0.2, -0.15) is 0 Å². The quantitative estimate of drug-likeness (QED) is 0.683. The molecule has 2 aliphatic carbocycles. The molecule has 5 nitrogen and oxygen atoms in total. The van der Waals surface area contributed by atoms with Gasteiger partial charge in [0.2, 0.25) is 0 Å². The monoisotopic (exact) mass is 342 g/mol. The molecule has 0 fully saturated rings. The summed E-state index contributed by atoms with van der Waals surface area (Å²) in [6, 6.07) is 0. The van der Waals surface area contributed by atoms with Crippen LogP contribution in [0.3, 0.4) is 0 Å². The highest BCUT2D eigenvalue weighted by Crippen LogP contribution is 2.59. The Hall–Kier alpha value is -2.27. The van der Waals surface area contributed by atoms with Crippen molar-refractivity contribution in [2.75, 3.05) is 13.2 Å². The van der Waals surface area contributed by atoms with Gasteiger partial charge in [-0.15, -0.1) is 0 Å². The average Bonchev–Trinajstić information content (AvgIpc) is 2.96. The predicted octanol–water partition coefficient (Wildman–Crippen LogP) is 3.08. The zero-order chi connectivity index (χ0) is 18.1. The number of carbonyl (C=O) groups excluding carboxylic acids is 1. The van der Waals surface area contributed by atoms with Crippen molar-refractivity contribution in [2.45, 2.75) is 44.9 Å². The maximum Gasteiger partial charge on any atom is 0.190 e. The van der Waals surface area contributed by atoms with E-state index in [2.05, 4.69) is 0 Å². The number of fused-ring (bicyclic) bond motifs is 4. The molecule has 0 bridgehead atoms. The summed E-state index contributed by atoms with van der Waals surface area (Å²) in [4.78, 5) is 12.8. The fourth-order valence-electron chi connectivity index (χ4n) is 4.65. The van der Waals surface area contributed by atoms with Gasteiger partial charge in [-0.25, -0.2) is 0 Å². The van der Waals surface area contributed by atoms with E-state index in [0.717, 1.165) is 16.7 Å². The Morgan fingerprint density at radius 3 is 2.72 bits per heavy atom. The molecule has 0 unspecified atom stereocenters. The molecule has 3 N–H and O–H groups in total. The number of phenols is 2. The molecule has 0 radical (unpaired) electrons. The second-order valence-electron chi connectivity index (χ2n) is 7.54. The van der Waals surface area contributed by atoms with Crippen LogP contribution in [0.4, 0.5) is 0 Å². The molecule has 4 rings (SSSR count). The molecule has 2 atom stereocenters. The Morgan fingerprint density at radius 1 is 1.32 bits per heavy atom. The number of aromatic hydroxyl groups is 2. The van der Waals surface area contributed by atoms with Crippen LogP contribution >= 0.6 is 0 Å². The summed E-state index contributed by atoms with van der Waals surface area (Å²) < 4.78 is 5.62. The standard InChI is InChI=1S/C20H22O5/c1-9-8-25-19-14(9)17(23)15-13(22)6-12-10(2)11(7-21)4-5-20(12,3)16(15)18(19)24/h6,9,21,23-24H,4-5,7-8H2,1-3H3/t9-,20+/m0/s1. The Bertz CT molecular complexity index is 877. The van der Waals surface area contributed by atoms with Gasteiger partial charge in [0.1, 0.15) is 5.75 Å². The van der Waals surface area contributed by atoms with E-state index in [0.29, 0.717) is 36.3 Å². The normalized spacial score (nSPS) is 27.4. The largest absolute Gasteiger partial charge is 0.507 e. The van der Waals surface area contributed by atoms with Gasteiger partial charge in [0.05, 0.1) is 18.8 Å². The van der Waals surface area contributed by atoms with Crippen LogP contribution in [-0.4, -0.2) is 34.3 Å². The van der Waals surface area contributed by atoms with Gasteiger partial charge in [-0.3, -0.25) is 4.79 Å². The minimum Gasteiger partial charge on any atom is -0.507 e. The lowest BCUT2D eigenvalue weighted by Crippen LogP contribution is -2.35. The van der Waals surface area contributed by atoms with Crippen molar-refractivity contribution in [3.8, 4) is 17.2 Å². The van der Waals surface area contributed by atoms with Crippen molar-refractivity contribution in [2.24, 2.45) is 0 Å². The summed E-state index contributed by atoms with van der Waals surface area (Å²) in [6.07, 6.45) is 2.88. The predicted molar refractivity (Wildman–Crippen MR) is 92.5 cm³/mol. The molecule has 1 heterocycles. The highest BCUT2D eigenvalue weighted by atomic mass is 16.5. The van der Waals surface area contributed by atoms with Gasteiger partial charge in [0.25, 0.3) is 0 Å². The minimum absolute atomic E-state index is 0.0335. The fraction of sp³-hybridized carbons (Fsp3) is 0.450.